The van der Waals surface area contributed by atoms with Crippen LogP contribution in [0.5, 0.6) is 11.5 Å². The van der Waals surface area contributed by atoms with Gasteiger partial charge in [-0.15, -0.1) is 0 Å². The number of imide groups is 2. The minimum Gasteiger partial charge on any atom is -0.490 e. The molecule has 0 bridgehead atoms. The third-order valence-corrected chi connectivity index (χ3v) is 5.64. The fourth-order valence-corrected chi connectivity index (χ4v) is 3.87. The Hall–Kier alpha value is -5.52. The Kier molecular flexibility index (Phi) is 8.19. The number of carbonyl (C=O) groups is 4. The number of rotatable bonds is 9. The number of benzene rings is 3. The summed E-state index contributed by atoms with van der Waals surface area (Å²) >= 11 is 0. The topological polar surface area (TPSA) is 157 Å². The van der Waals surface area contributed by atoms with Crippen LogP contribution in [0, 0.1) is 17.0 Å². The average Bonchev–Trinajstić information content (AvgIpc) is 2.91. The largest absolute Gasteiger partial charge is 0.490 e. The maximum absolute atomic E-state index is 13.2. The molecular formula is C28H24N4O8. The lowest BCUT2D eigenvalue weighted by molar-refractivity contribution is -0.384. The predicted molar refractivity (Wildman–Crippen MR) is 145 cm³/mol. The van der Waals surface area contributed by atoms with Gasteiger partial charge in [0.2, 0.25) is 0 Å². The summed E-state index contributed by atoms with van der Waals surface area (Å²) in [5, 5.41) is 16.0. The first kappa shape index (κ1) is 27.5. The zero-order valence-electron chi connectivity index (χ0n) is 21.5. The van der Waals surface area contributed by atoms with Gasteiger partial charge in [-0.05, 0) is 61.4 Å². The molecule has 0 atom stereocenters. The number of nitro benzene ring substituents is 1. The number of non-ortho nitro benzene ring substituents is 1. The summed E-state index contributed by atoms with van der Waals surface area (Å²) in [6.07, 6.45) is 1.26. The third-order valence-electron chi connectivity index (χ3n) is 5.64. The molecule has 1 saturated heterocycles. The number of anilines is 2. The molecule has 12 nitrogen and oxygen atoms in total. The summed E-state index contributed by atoms with van der Waals surface area (Å²) in [4.78, 5) is 61.6. The van der Waals surface area contributed by atoms with E-state index in [1.54, 1.807) is 13.0 Å². The Balaban J connectivity index is 1.55. The molecule has 3 aromatic rings. The molecule has 3 aromatic carbocycles. The van der Waals surface area contributed by atoms with Crippen molar-refractivity contribution in [1.82, 2.24) is 5.32 Å². The van der Waals surface area contributed by atoms with Crippen LogP contribution in [-0.2, 0) is 14.4 Å². The molecule has 1 aliphatic rings. The van der Waals surface area contributed by atoms with Gasteiger partial charge in [0, 0.05) is 17.8 Å². The Morgan fingerprint density at radius 1 is 1.02 bits per heavy atom. The molecule has 1 fully saturated rings. The minimum absolute atomic E-state index is 0.0715. The number of urea groups is 1. The number of nitrogens with zero attached hydrogens (tertiary/aromatic N) is 2. The summed E-state index contributed by atoms with van der Waals surface area (Å²) in [5.41, 5.74) is 1.22. The number of amides is 5. The molecule has 1 heterocycles. The molecule has 5 amide bonds. The van der Waals surface area contributed by atoms with E-state index in [1.165, 1.54) is 42.5 Å². The average molecular weight is 545 g/mol. The van der Waals surface area contributed by atoms with Gasteiger partial charge in [-0.3, -0.25) is 29.8 Å². The van der Waals surface area contributed by atoms with Crippen molar-refractivity contribution >= 4 is 46.9 Å². The molecular weight excluding hydrogens is 520 g/mol. The molecule has 2 N–H and O–H groups in total. The van der Waals surface area contributed by atoms with Crippen LogP contribution in [0.1, 0.15) is 18.1 Å². The van der Waals surface area contributed by atoms with Crippen LogP contribution in [0.4, 0.5) is 21.9 Å². The molecule has 0 spiro atoms. The van der Waals surface area contributed by atoms with Gasteiger partial charge in [0.1, 0.15) is 5.57 Å². The highest BCUT2D eigenvalue weighted by molar-refractivity contribution is 6.39. The van der Waals surface area contributed by atoms with E-state index in [1.807, 2.05) is 25.1 Å². The lowest BCUT2D eigenvalue weighted by Gasteiger charge is -2.26. The van der Waals surface area contributed by atoms with E-state index in [-0.39, 0.29) is 47.6 Å². The van der Waals surface area contributed by atoms with Crippen LogP contribution in [0.15, 0.2) is 72.3 Å². The molecule has 4 rings (SSSR count). The maximum Gasteiger partial charge on any atom is 0.335 e. The van der Waals surface area contributed by atoms with Gasteiger partial charge in [-0.2, -0.15) is 0 Å². The summed E-state index contributed by atoms with van der Waals surface area (Å²) in [7, 11) is 0. The lowest BCUT2D eigenvalue weighted by Crippen LogP contribution is -2.54. The number of carbonyl (C=O) groups excluding carboxylic acids is 4. The zero-order valence-corrected chi connectivity index (χ0v) is 21.5. The van der Waals surface area contributed by atoms with Gasteiger partial charge < -0.3 is 14.8 Å². The van der Waals surface area contributed by atoms with E-state index < -0.39 is 22.8 Å². The van der Waals surface area contributed by atoms with E-state index in [4.69, 9.17) is 9.47 Å². The standard InChI is InChI=1S/C28H24N4O8/c1-3-39-24-14-18(10-11-23(24)40-16-25(33)29-19-7-4-6-17(2)12-19)13-22-26(34)30-28(36)31(27(22)35)20-8-5-9-21(15-20)32(37)38/h4-15H,3,16H2,1-2H3,(H,29,33)(H,30,34,36)/b22-13+. The van der Waals surface area contributed by atoms with Crippen LogP contribution >= 0.6 is 0 Å². The second kappa shape index (κ2) is 11.9. The van der Waals surface area contributed by atoms with Gasteiger partial charge in [0.15, 0.2) is 18.1 Å². The Labute approximate surface area is 228 Å². The monoisotopic (exact) mass is 544 g/mol. The van der Waals surface area contributed by atoms with Crippen molar-refractivity contribution in [2.45, 2.75) is 13.8 Å². The number of nitrogens with one attached hydrogen (secondary N) is 2. The second-order valence-corrected chi connectivity index (χ2v) is 8.58. The van der Waals surface area contributed by atoms with Crippen LogP contribution in [0.25, 0.3) is 6.08 Å². The van der Waals surface area contributed by atoms with Gasteiger partial charge >= 0.3 is 6.03 Å². The smallest absolute Gasteiger partial charge is 0.335 e. The molecule has 40 heavy (non-hydrogen) atoms. The van der Waals surface area contributed by atoms with Crippen LogP contribution < -0.4 is 25.0 Å². The van der Waals surface area contributed by atoms with Crippen molar-refractivity contribution in [3.63, 3.8) is 0 Å². The van der Waals surface area contributed by atoms with Gasteiger partial charge in [-0.25, -0.2) is 9.69 Å². The van der Waals surface area contributed by atoms with Gasteiger partial charge in [-0.1, -0.05) is 24.3 Å². The van der Waals surface area contributed by atoms with Crippen molar-refractivity contribution in [3.8, 4) is 11.5 Å². The first-order valence-corrected chi connectivity index (χ1v) is 12.1. The second-order valence-electron chi connectivity index (χ2n) is 8.58. The van der Waals surface area contributed by atoms with E-state index in [0.717, 1.165) is 11.6 Å². The van der Waals surface area contributed by atoms with Crippen molar-refractivity contribution < 1.29 is 33.6 Å². The van der Waals surface area contributed by atoms with Crippen molar-refractivity contribution in [2.24, 2.45) is 0 Å². The van der Waals surface area contributed by atoms with Gasteiger partial charge in [0.25, 0.3) is 23.4 Å². The van der Waals surface area contributed by atoms with E-state index >= 15 is 0 Å². The van der Waals surface area contributed by atoms with E-state index in [9.17, 15) is 29.3 Å². The Morgan fingerprint density at radius 3 is 2.52 bits per heavy atom. The molecule has 0 saturated carbocycles. The number of aryl methyl sites for hydroxylation is 1. The molecule has 12 heteroatoms. The highest BCUT2D eigenvalue weighted by Crippen LogP contribution is 2.31. The summed E-state index contributed by atoms with van der Waals surface area (Å²) in [5.74, 6) is -1.75. The van der Waals surface area contributed by atoms with Crippen LogP contribution in [-0.4, -0.2) is 41.9 Å². The number of hydrogen-bond donors (Lipinski definition) is 2. The maximum atomic E-state index is 13.2. The minimum atomic E-state index is -1.03. The molecule has 0 radical (unpaired) electrons. The van der Waals surface area contributed by atoms with Crippen molar-refractivity contribution in [1.29, 1.82) is 0 Å². The SMILES string of the molecule is CCOc1cc(/C=C2\C(=O)NC(=O)N(c3cccc([N+](=O)[O-])c3)C2=O)ccc1OCC(=O)Nc1cccc(C)c1. The van der Waals surface area contributed by atoms with E-state index in [2.05, 4.69) is 10.6 Å². The number of nitro groups is 1. The predicted octanol–water partition coefficient (Wildman–Crippen LogP) is 3.99. The molecule has 0 unspecified atom stereocenters. The molecule has 0 aliphatic carbocycles. The number of barbiturate groups is 1. The fraction of sp³-hybridized carbons (Fsp3) is 0.143. The van der Waals surface area contributed by atoms with Gasteiger partial charge in [0.05, 0.1) is 17.2 Å². The molecule has 204 valence electrons. The van der Waals surface area contributed by atoms with Crippen molar-refractivity contribution in [2.75, 3.05) is 23.4 Å². The number of hydrogen-bond acceptors (Lipinski definition) is 8. The normalized spacial score (nSPS) is 14.1. The first-order valence-electron chi connectivity index (χ1n) is 12.1. The third kappa shape index (κ3) is 6.30. The highest BCUT2D eigenvalue weighted by atomic mass is 16.6. The summed E-state index contributed by atoms with van der Waals surface area (Å²) < 4.78 is 11.3. The number of ether oxygens (including phenoxy) is 2. The fourth-order valence-electron chi connectivity index (χ4n) is 3.87. The molecule has 1 aliphatic heterocycles. The Bertz CT molecular complexity index is 1550. The quantitative estimate of drug-likeness (QED) is 0.177. The first-order chi connectivity index (χ1) is 19.2. The van der Waals surface area contributed by atoms with E-state index in [0.29, 0.717) is 16.2 Å². The summed E-state index contributed by atoms with van der Waals surface area (Å²) in [6.45, 7) is 3.63. The van der Waals surface area contributed by atoms with Crippen molar-refractivity contribution in [3.05, 3.63) is 93.5 Å². The highest BCUT2D eigenvalue weighted by Gasteiger charge is 2.37. The summed E-state index contributed by atoms with van der Waals surface area (Å²) in [6, 6.07) is 15.8. The lowest BCUT2D eigenvalue weighted by atomic mass is 10.1. The molecule has 0 aromatic heterocycles. The van der Waals surface area contributed by atoms with Crippen LogP contribution in [0.3, 0.4) is 0 Å². The zero-order chi connectivity index (χ0) is 28.8. The Morgan fingerprint density at radius 2 is 1.80 bits per heavy atom. The van der Waals surface area contributed by atoms with Crippen LogP contribution in [0.2, 0.25) is 0 Å².